The number of terminal acetylenes is 1. The summed E-state index contributed by atoms with van der Waals surface area (Å²) in [6.45, 7) is 0.182. The third kappa shape index (κ3) is 2.86. The molecule has 0 aromatic heterocycles. The van der Waals surface area contributed by atoms with Crippen molar-refractivity contribution >= 4 is 17.3 Å². The van der Waals surface area contributed by atoms with E-state index in [1.54, 1.807) is 30.2 Å². The molecule has 0 saturated heterocycles. The van der Waals surface area contributed by atoms with Crippen molar-refractivity contribution in [3.8, 4) is 23.8 Å². The van der Waals surface area contributed by atoms with Gasteiger partial charge in [-0.1, -0.05) is 24.1 Å². The molecule has 3 rings (SSSR count). The third-order valence-electron chi connectivity index (χ3n) is 3.93. The fourth-order valence-corrected chi connectivity index (χ4v) is 2.80. The van der Waals surface area contributed by atoms with Crippen LogP contribution in [0.2, 0.25) is 0 Å². The van der Waals surface area contributed by atoms with Crippen LogP contribution in [0.1, 0.15) is 5.56 Å². The Hall–Kier alpha value is -3.13. The Labute approximate surface area is 141 Å². The van der Waals surface area contributed by atoms with E-state index in [1.165, 1.54) is 0 Å². The monoisotopic (exact) mass is 322 g/mol. The predicted octanol–water partition coefficient (Wildman–Crippen LogP) is 2.25. The molecule has 122 valence electrons. The highest BCUT2D eigenvalue weighted by molar-refractivity contribution is 6.00. The minimum atomic E-state index is -0.677. The zero-order valence-electron chi connectivity index (χ0n) is 13.4. The van der Waals surface area contributed by atoms with Crippen molar-refractivity contribution in [1.82, 2.24) is 0 Å². The number of carbonyl (C=O) groups is 1. The van der Waals surface area contributed by atoms with Gasteiger partial charge in [0, 0.05) is 18.2 Å². The molecule has 0 spiro atoms. The van der Waals surface area contributed by atoms with E-state index in [9.17, 15) is 4.79 Å². The number of para-hydroxylation sites is 1. The molecule has 2 aromatic rings. The highest BCUT2D eigenvalue weighted by Crippen LogP contribution is 2.36. The molecule has 1 amide bonds. The topological polar surface area (TPSA) is 64.8 Å². The van der Waals surface area contributed by atoms with Crippen molar-refractivity contribution in [3.05, 3.63) is 48.0 Å². The summed E-state index contributed by atoms with van der Waals surface area (Å²) in [5.41, 5.74) is 7.94. The molecule has 0 fully saturated rings. The minimum absolute atomic E-state index is 0.170. The van der Waals surface area contributed by atoms with Gasteiger partial charge in [-0.15, -0.1) is 6.42 Å². The second kappa shape index (κ2) is 6.55. The Morgan fingerprint density at radius 2 is 2.12 bits per heavy atom. The molecular weight excluding hydrogens is 304 g/mol. The summed E-state index contributed by atoms with van der Waals surface area (Å²) in [5.74, 6) is 3.63. The average molecular weight is 322 g/mol. The quantitative estimate of drug-likeness (QED) is 0.693. The van der Waals surface area contributed by atoms with Crippen LogP contribution in [0.5, 0.6) is 11.5 Å². The number of carbonyl (C=O) groups excluding carboxylic acids is 1. The fraction of sp³-hybridized carbons (Fsp3) is 0.211. The summed E-state index contributed by atoms with van der Waals surface area (Å²) in [5, 5.41) is 0. The number of anilines is 2. The highest BCUT2D eigenvalue weighted by Gasteiger charge is 2.34. The van der Waals surface area contributed by atoms with Gasteiger partial charge in [0.25, 0.3) is 5.91 Å². The van der Waals surface area contributed by atoms with Gasteiger partial charge in [0.2, 0.25) is 0 Å². The molecule has 5 heteroatoms. The number of methoxy groups -OCH3 is 1. The molecule has 2 aromatic carbocycles. The lowest BCUT2D eigenvalue weighted by atomic mass is 10.0. The zero-order chi connectivity index (χ0) is 17.1. The molecule has 1 atom stereocenters. The van der Waals surface area contributed by atoms with E-state index >= 15 is 0 Å². The van der Waals surface area contributed by atoms with Crippen LogP contribution in [0.4, 0.5) is 11.4 Å². The third-order valence-corrected chi connectivity index (χ3v) is 3.93. The normalized spacial score (nSPS) is 16.1. The largest absolute Gasteiger partial charge is 0.496 e. The number of benzene rings is 2. The van der Waals surface area contributed by atoms with Gasteiger partial charge in [0.15, 0.2) is 6.10 Å². The Bertz CT molecular complexity index is 810. The number of hydrogen-bond acceptors (Lipinski definition) is 4. The van der Waals surface area contributed by atoms with Crippen molar-refractivity contribution < 1.29 is 14.3 Å². The van der Waals surface area contributed by atoms with E-state index in [-0.39, 0.29) is 12.5 Å². The fourth-order valence-electron chi connectivity index (χ4n) is 2.80. The first-order chi connectivity index (χ1) is 11.6. The Kier molecular flexibility index (Phi) is 4.30. The van der Waals surface area contributed by atoms with E-state index < -0.39 is 6.10 Å². The van der Waals surface area contributed by atoms with Crippen molar-refractivity contribution in [1.29, 1.82) is 0 Å². The molecule has 0 bridgehead atoms. The van der Waals surface area contributed by atoms with Crippen LogP contribution in [0, 0.1) is 12.3 Å². The van der Waals surface area contributed by atoms with E-state index in [1.807, 2.05) is 24.3 Å². The van der Waals surface area contributed by atoms with E-state index in [0.29, 0.717) is 23.5 Å². The lowest BCUT2D eigenvalue weighted by molar-refractivity contribution is -0.126. The smallest absolute Gasteiger partial charge is 0.269 e. The van der Waals surface area contributed by atoms with Crippen molar-refractivity contribution in [2.75, 3.05) is 24.3 Å². The van der Waals surface area contributed by atoms with Crippen molar-refractivity contribution in [3.63, 3.8) is 0 Å². The van der Waals surface area contributed by atoms with E-state index in [2.05, 4.69) is 5.92 Å². The summed E-state index contributed by atoms with van der Waals surface area (Å²) in [7, 11) is 1.60. The lowest BCUT2D eigenvalue weighted by Crippen LogP contribution is -2.47. The maximum absolute atomic E-state index is 12.8. The highest BCUT2D eigenvalue weighted by atomic mass is 16.5. The first-order valence-electron chi connectivity index (χ1n) is 7.57. The molecule has 0 radical (unpaired) electrons. The van der Waals surface area contributed by atoms with Gasteiger partial charge < -0.3 is 15.2 Å². The maximum atomic E-state index is 12.8. The molecule has 0 aliphatic carbocycles. The van der Waals surface area contributed by atoms with Gasteiger partial charge in [0.1, 0.15) is 11.5 Å². The molecular formula is C19H18N2O3. The van der Waals surface area contributed by atoms with Gasteiger partial charge in [-0.05, 0) is 23.8 Å². The molecule has 5 nitrogen and oxygen atoms in total. The number of nitrogens with zero attached hydrogens (tertiary/aromatic N) is 1. The van der Waals surface area contributed by atoms with Crippen molar-refractivity contribution in [2.45, 2.75) is 12.5 Å². The minimum Gasteiger partial charge on any atom is -0.496 e. The zero-order valence-corrected chi connectivity index (χ0v) is 13.4. The summed E-state index contributed by atoms with van der Waals surface area (Å²) in [4.78, 5) is 14.4. The number of rotatable bonds is 4. The molecule has 1 heterocycles. The van der Waals surface area contributed by atoms with Gasteiger partial charge in [-0.3, -0.25) is 9.69 Å². The standard InChI is InChI=1S/C19H18N2O3/c1-3-10-21-15-9-8-14(20)12-17(15)24-18(19(21)22)11-13-6-4-5-7-16(13)23-2/h1,4-9,12,18H,10-11,20H2,2H3. The van der Waals surface area contributed by atoms with Gasteiger partial charge in [-0.2, -0.15) is 0 Å². The Morgan fingerprint density at radius 1 is 1.33 bits per heavy atom. The van der Waals surface area contributed by atoms with Crippen LogP contribution >= 0.6 is 0 Å². The summed E-state index contributed by atoms with van der Waals surface area (Å²) in [6, 6.07) is 12.7. The second-order valence-electron chi connectivity index (χ2n) is 5.48. The number of amides is 1. The Morgan fingerprint density at radius 3 is 2.88 bits per heavy atom. The molecule has 1 aliphatic heterocycles. The van der Waals surface area contributed by atoms with Crippen molar-refractivity contribution in [2.24, 2.45) is 0 Å². The second-order valence-corrected chi connectivity index (χ2v) is 5.48. The van der Waals surface area contributed by atoms with Crippen LogP contribution in [0.3, 0.4) is 0 Å². The molecule has 0 saturated carbocycles. The summed E-state index contributed by atoms with van der Waals surface area (Å²) >= 11 is 0. The number of ether oxygens (including phenoxy) is 2. The number of fused-ring (bicyclic) bond motifs is 1. The van der Waals surface area contributed by atoms with Crippen LogP contribution in [-0.4, -0.2) is 25.7 Å². The molecule has 24 heavy (non-hydrogen) atoms. The number of nitrogens with two attached hydrogens (primary N) is 1. The Balaban J connectivity index is 1.95. The van der Waals surface area contributed by atoms with Crippen LogP contribution < -0.4 is 20.1 Å². The van der Waals surface area contributed by atoms with E-state index in [0.717, 1.165) is 11.3 Å². The molecule has 1 aliphatic rings. The summed E-state index contributed by atoms with van der Waals surface area (Å²) in [6.07, 6.45) is 5.13. The number of hydrogen-bond donors (Lipinski definition) is 1. The molecule has 1 unspecified atom stereocenters. The van der Waals surface area contributed by atoms with Crippen LogP contribution in [-0.2, 0) is 11.2 Å². The van der Waals surface area contributed by atoms with E-state index in [4.69, 9.17) is 21.6 Å². The first kappa shape index (κ1) is 15.8. The van der Waals surface area contributed by atoms with Crippen LogP contribution in [0.25, 0.3) is 0 Å². The van der Waals surface area contributed by atoms with Crippen LogP contribution in [0.15, 0.2) is 42.5 Å². The van der Waals surface area contributed by atoms with Gasteiger partial charge in [-0.25, -0.2) is 0 Å². The SMILES string of the molecule is C#CCN1C(=O)C(Cc2ccccc2OC)Oc2cc(N)ccc21. The first-order valence-corrected chi connectivity index (χ1v) is 7.57. The predicted molar refractivity (Wildman–Crippen MR) is 93.2 cm³/mol. The molecule has 2 N–H and O–H groups in total. The number of nitrogen functional groups attached to an aromatic ring is 1. The van der Waals surface area contributed by atoms with Gasteiger partial charge in [0.05, 0.1) is 19.3 Å². The average Bonchev–Trinajstić information content (AvgIpc) is 2.59. The summed E-state index contributed by atoms with van der Waals surface area (Å²) < 4.78 is 11.3. The maximum Gasteiger partial charge on any atom is 0.269 e. The lowest BCUT2D eigenvalue weighted by Gasteiger charge is -2.33. The van der Waals surface area contributed by atoms with Gasteiger partial charge >= 0.3 is 0 Å².